The summed E-state index contributed by atoms with van der Waals surface area (Å²) >= 11 is -0.574. The summed E-state index contributed by atoms with van der Waals surface area (Å²) in [4.78, 5) is 37.7. The zero-order chi connectivity index (χ0) is 19.0. The van der Waals surface area contributed by atoms with Gasteiger partial charge in [0.15, 0.2) is 0 Å². The SMILES string of the molecule is CC(C)[O][Ti][O]C(C)C.O=C(O)CC(=O)O.O=C(O)CC(=O)O. The van der Waals surface area contributed by atoms with Crippen LogP contribution in [-0.2, 0) is 45.7 Å². The average molecular weight is 374 g/mol. The van der Waals surface area contributed by atoms with E-state index in [1.807, 2.05) is 27.7 Å². The maximum atomic E-state index is 9.43. The molecular formula is C12H22O10Ti. The molecule has 0 saturated carbocycles. The number of carbonyl (C=O) groups is 4. The first-order chi connectivity index (χ1) is 10.4. The molecule has 0 aromatic carbocycles. The second-order valence-corrected chi connectivity index (χ2v) is 5.34. The predicted molar refractivity (Wildman–Crippen MR) is 72.2 cm³/mol. The molecule has 0 aliphatic rings. The van der Waals surface area contributed by atoms with Crippen molar-refractivity contribution in [1.29, 1.82) is 0 Å². The summed E-state index contributed by atoms with van der Waals surface area (Å²) < 4.78 is 10.5. The Labute approximate surface area is 143 Å². The summed E-state index contributed by atoms with van der Waals surface area (Å²) in [6, 6.07) is 0. The summed E-state index contributed by atoms with van der Waals surface area (Å²) in [6.07, 6.45) is -0.965. The van der Waals surface area contributed by atoms with Gasteiger partial charge in [0, 0.05) is 0 Å². The molecule has 0 aromatic heterocycles. The minimum absolute atomic E-state index is 0.323. The normalized spacial score (nSPS) is 9.13. The van der Waals surface area contributed by atoms with Crippen molar-refractivity contribution in [3.63, 3.8) is 0 Å². The van der Waals surface area contributed by atoms with Crippen molar-refractivity contribution in [3.8, 4) is 0 Å². The van der Waals surface area contributed by atoms with Crippen LogP contribution in [0.15, 0.2) is 0 Å². The van der Waals surface area contributed by atoms with Gasteiger partial charge in [0.2, 0.25) is 0 Å². The molecule has 0 aromatic rings. The van der Waals surface area contributed by atoms with Crippen LogP contribution in [0.4, 0.5) is 0 Å². The summed E-state index contributed by atoms with van der Waals surface area (Å²) in [6.45, 7) is 8.08. The van der Waals surface area contributed by atoms with Crippen molar-refractivity contribution in [2.24, 2.45) is 0 Å². The minimum atomic E-state index is -1.31. The van der Waals surface area contributed by atoms with Gasteiger partial charge in [-0.25, -0.2) is 0 Å². The topological polar surface area (TPSA) is 168 Å². The first-order valence-electron chi connectivity index (χ1n) is 6.31. The Morgan fingerprint density at radius 3 is 1.00 bits per heavy atom. The minimum Gasteiger partial charge on any atom is -0.481 e. The predicted octanol–water partition coefficient (Wildman–Crippen LogP) is 0.840. The van der Waals surface area contributed by atoms with Crippen LogP contribution in [0.2, 0.25) is 0 Å². The van der Waals surface area contributed by atoms with E-state index in [0.717, 1.165) is 0 Å². The van der Waals surface area contributed by atoms with Crippen LogP contribution in [0.3, 0.4) is 0 Å². The molecule has 4 N–H and O–H groups in total. The second-order valence-electron chi connectivity index (χ2n) is 4.35. The molecular weight excluding hydrogens is 352 g/mol. The maximum Gasteiger partial charge on any atom is 0.314 e. The molecule has 0 saturated heterocycles. The van der Waals surface area contributed by atoms with E-state index in [2.05, 4.69) is 0 Å². The van der Waals surface area contributed by atoms with Gasteiger partial charge in [-0.15, -0.1) is 0 Å². The standard InChI is InChI=1S/2C3H4O4.2C3H7O.Ti/c2*4-2(5)1-3(6)7;2*1-3(2)4;/h2*1H2,(H,4,5)(H,6,7);2*3H,1-2H3;/q;;2*-1;+2. The van der Waals surface area contributed by atoms with Gasteiger partial charge >= 0.3 is 90.3 Å². The number of hydrogen-bond donors (Lipinski definition) is 4. The van der Waals surface area contributed by atoms with Gasteiger partial charge in [-0.2, -0.15) is 0 Å². The van der Waals surface area contributed by atoms with E-state index in [4.69, 9.17) is 27.1 Å². The first kappa shape index (κ1) is 26.4. The Morgan fingerprint density at radius 1 is 0.696 bits per heavy atom. The number of hydrogen-bond acceptors (Lipinski definition) is 6. The maximum absolute atomic E-state index is 9.43. The number of aliphatic carboxylic acids is 4. The Morgan fingerprint density at radius 2 is 0.913 bits per heavy atom. The molecule has 0 aliphatic carbocycles. The van der Waals surface area contributed by atoms with Crippen LogP contribution in [0, 0.1) is 0 Å². The van der Waals surface area contributed by atoms with Gasteiger partial charge in [-0.3, -0.25) is 19.2 Å². The zero-order valence-electron chi connectivity index (χ0n) is 13.3. The molecule has 11 heteroatoms. The Hall–Kier alpha value is -1.49. The van der Waals surface area contributed by atoms with Crippen LogP contribution in [-0.4, -0.2) is 56.5 Å². The Balaban J connectivity index is -0.000000264. The molecule has 0 amide bonds. The molecule has 0 aliphatic heterocycles. The zero-order valence-corrected chi connectivity index (χ0v) is 14.9. The van der Waals surface area contributed by atoms with Gasteiger partial charge in [0.05, 0.1) is 0 Å². The fraction of sp³-hybridized carbons (Fsp3) is 0.667. The smallest absolute Gasteiger partial charge is 0.314 e. The van der Waals surface area contributed by atoms with Gasteiger partial charge in [0.1, 0.15) is 12.8 Å². The monoisotopic (exact) mass is 374 g/mol. The van der Waals surface area contributed by atoms with Crippen LogP contribution in [0.25, 0.3) is 0 Å². The fourth-order valence-electron chi connectivity index (χ4n) is 0.479. The molecule has 134 valence electrons. The summed E-state index contributed by atoms with van der Waals surface area (Å²) in [5.41, 5.74) is 0. The molecule has 0 rings (SSSR count). The van der Waals surface area contributed by atoms with Crippen LogP contribution in [0.1, 0.15) is 40.5 Å². The fourth-order valence-corrected chi connectivity index (χ4v) is 1.17. The number of rotatable bonds is 8. The van der Waals surface area contributed by atoms with Gasteiger partial charge < -0.3 is 20.4 Å². The van der Waals surface area contributed by atoms with Crippen molar-refractivity contribution >= 4 is 23.9 Å². The van der Waals surface area contributed by atoms with Crippen molar-refractivity contribution in [2.75, 3.05) is 0 Å². The van der Waals surface area contributed by atoms with Crippen LogP contribution in [0.5, 0.6) is 0 Å². The quantitative estimate of drug-likeness (QED) is 0.353. The molecule has 0 atom stereocenters. The summed E-state index contributed by atoms with van der Waals surface area (Å²) in [7, 11) is 0. The summed E-state index contributed by atoms with van der Waals surface area (Å²) in [5.74, 6) is -5.25. The summed E-state index contributed by atoms with van der Waals surface area (Å²) in [5, 5.41) is 30.8. The third kappa shape index (κ3) is 44.9. The number of carboxylic acids is 4. The van der Waals surface area contributed by atoms with Crippen molar-refractivity contribution < 1.29 is 66.2 Å². The van der Waals surface area contributed by atoms with Crippen LogP contribution < -0.4 is 0 Å². The van der Waals surface area contributed by atoms with E-state index in [9.17, 15) is 19.2 Å². The van der Waals surface area contributed by atoms with Crippen molar-refractivity contribution in [3.05, 3.63) is 0 Å². The number of carboxylic acid groups (broad SMARTS) is 4. The van der Waals surface area contributed by atoms with E-state index >= 15 is 0 Å². The van der Waals surface area contributed by atoms with E-state index < -0.39 is 56.6 Å². The van der Waals surface area contributed by atoms with Crippen molar-refractivity contribution in [1.82, 2.24) is 0 Å². The molecule has 10 nitrogen and oxygen atoms in total. The van der Waals surface area contributed by atoms with E-state index in [1.54, 1.807) is 0 Å². The molecule has 0 heterocycles. The Bertz CT molecular complexity index is 309. The van der Waals surface area contributed by atoms with E-state index in [0.29, 0.717) is 12.2 Å². The molecule has 23 heavy (non-hydrogen) atoms. The van der Waals surface area contributed by atoms with E-state index in [1.165, 1.54) is 0 Å². The van der Waals surface area contributed by atoms with Gasteiger partial charge in [-0.1, -0.05) is 0 Å². The average Bonchev–Trinajstić information content (AvgIpc) is 2.24. The van der Waals surface area contributed by atoms with E-state index in [-0.39, 0.29) is 0 Å². The molecule has 0 bridgehead atoms. The van der Waals surface area contributed by atoms with Crippen molar-refractivity contribution in [2.45, 2.75) is 52.7 Å². The Kier molecular flexibility index (Phi) is 19.4. The molecule has 0 radical (unpaired) electrons. The second kappa shape index (κ2) is 16.9. The third-order valence-corrected chi connectivity index (χ3v) is 2.95. The molecule has 0 unspecified atom stereocenters. The van der Waals surface area contributed by atoms with Gasteiger partial charge in [0.25, 0.3) is 0 Å². The largest absolute Gasteiger partial charge is 0.481 e. The molecule has 0 spiro atoms. The first-order valence-corrected chi connectivity index (χ1v) is 7.59. The third-order valence-electron chi connectivity index (χ3n) is 1.17. The van der Waals surface area contributed by atoms with Crippen LogP contribution >= 0.6 is 0 Å². The molecule has 0 fully saturated rings. The van der Waals surface area contributed by atoms with Gasteiger partial charge in [-0.05, 0) is 0 Å².